The molecule has 1 aliphatic rings. The third-order valence-corrected chi connectivity index (χ3v) is 3.42. The average Bonchev–Trinajstić information content (AvgIpc) is 2.69. The van der Waals surface area contributed by atoms with E-state index in [0.29, 0.717) is 5.69 Å². The maximum absolute atomic E-state index is 12.5. The quantitative estimate of drug-likeness (QED) is 0.793. The molecule has 1 amide bonds. The number of carbonyl (C=O) groups is 2. The van der Waals surface area contributed by atoms with Crippen molar-refractivity contribution >= 4 is 11.9 Å². The summed E-state index contributed by atoms with van der Waals surface area (Å²) in [5.74, 6) is -0.579. The minimum Gasteiger partial charge on any atom is -0.459 e. The van der Waals surface area contributed by atoms with Crippen molar-refractivity contribution in [3.05, 3.63) is 18.2 Å². The Balaban J connectivity index is 2.08. The largest absolute Gasteiger partial charge is 0.459 e. The van der Waals surface area contributed by atoms with E-state index < -0.39 is 5.60 Å². The van der Waals surface area contributed by atoms with Crippen LogP contribution in [0.25, 0.3) is 0 Å². The van der Waals surface area contributed by atoms with Crippen LogP contribution in [0.1, 0.15) is 50.5 Å². The van der Waals surface area contributed by atoms with E-state index in [9.17, 15) is 9.59 Å². The standard InChI is InChI=1S/C15H23N3O3/c1-15(2,3)21-13(19)9-18(11-6-5-7-11)14(20)12-8-17(4)10-16-12/h8,10-11H,5-7,9H2,1-4H3. The number of esters is 1. The minimum absolute atomic E-state index is 0.0165. The van der Waals surface area contributed by atoms with Gasteiger partial charge in [-0.1, -0.05) is 0 Å². The summed E-state index contributed by atoms with van der Waals surface area (Å²) in [6.07, 6.45) is 6.20. The number of hydrogen-bond donors (Lipinski definition) is 0. The molecule has 0 radical (unpaired) electrons. The molecule has 0 aromatic carbocycles. The first-order chi connectivity index (χ1) is 9.76. The summed E-state index contributed by atoms with van der Waals surface area (Å²) in [5.41, 5.74) is -0.177. The fourth-order valence-corrected chi connectivity index (χ4v) is 2.25. The molecular formula is C15H23N3O3. The first-order valence-corrected chi connectivity index (χ1v) is 7.27. The number of rotatable bonds is 4. The second-order valence-electron chi connectivity index (χ2n) is 6.53. The summed E-state index contributed by atoms with van der Waals surface area (Å²) in [6, 6.07) is 0.118. The van der Waals surface area contributed by atoms with E-state index in [1.807, 2.05) is 27.8 Å². The Bertz CT molecular complexity index is 527. The van der Waals surface area contributed by atoms with E-state index in [2.05, 4.69) is 4.98 Å². The van der Waals surface area contributed by atoms with Crippen LogP contribution in [0.2, 0.25) is 0 Å². The van der Waals surface area contributed by atoms with Gasteiger partial charge in [-0.05, 0) is 40.0 Å². The summed E-state index contributed by atoms with van der Waals surface area (Å²) in [6.45, 7) is 5.44. The topological polar surface area (TPSA) is 64.4 Å². The maximum atomic E-state index is 12.5. The second kappa shape index (κ2) is 5.87. The van der Waals surface area contributed by atoms with Crippen LogP contribution in [0.5, 0.6) is 0 Å². The van der Waals surface area contributed by atoms with Crippen LogP contribution < -0.4 is 0 Å². The molecule has 0 unspecified atom stereocenters. The molecule has 1 aromatic heterocycles. The Labute approximate surface area is 125 Å². The van der Waals surface area contributed by atoms with Gasteiger partial charge in [0.2, 0.25) is 0 Å². The molecule has 0 N–H and O–H groups in total. The van der Waals surface area contributed by atoms with Gasteiger partial charge < -0.3 is 14.2 Å². The molecule has 6 nitrogen and oxygen atoms in total. The summed E-state index contributed by atoms with van der Waals surface area (Å²) in [4.78, 5) is 30.2. The van der Waals surface area contributed by atoms with E-state index in [4.69, 9.17) is 4.74 Å². The van der Waals surface area contributed by atoms with Gasteiger partial charge >= 0.3 is 5.97 Å². The van der Waals surface area contributed by atoms with Gasteiger partial charge in [-0.2, -0.15) is 0 Å². The fourth-order valence-electron chi connectivity index (χ4n) is 2.25. The third-order valence-electron chi connectivity index (χ3n) is 3.42. The van der Waals surface area contributed by atoms with Gasteiger partial charge in [0.15, 0.2) is 0 Å². The Morgan fingerprint density at radius 2 is 2.10 bits per heavy atom. The summed E-state index contributed by atoms with van der Waals surface area (Å²) in [7, 11) is 1.81. The molecule has 1 saturated carbocycles. The lowest BCUT2D eigenvalue weighted by atomic mass is 9.91. The van der Waals surface area contributed by atoms with Crippen molar-refractivity contribution in [1.29, 1.82) is 0 Å². The number of ether oxygens (including phenoxy) is 1. The monoisotopic (exact) mass is 293 g/mol. The maximum Gasteiger partial charge on any atom is 0.326 e. The Kier molecular flexibility index (Phi) is 4.34. The molecule has 0 spiro atoms. The van der Waals surface area contributed by atoms with E-state index in [1.165, 1.54) is 0 Å². The molecule has 2 rings (SSSR count). The first-order valence-electron chi connectivity index (χ1n) is 7.27. The molecule has 1 heterocycles. The van der Waals surface area contributed by atoms with Crippen molar-refractivity contribution in [2.75, 3.05) is 6.54 Å². The van der Waals surface area contributed by atoms with Crippen LogP contribution in [-0.2, 0) is 16.6 Å². The number of nitrogens with zero attached hydrogens (tertiary/aromatic N) is 3. The van der Waals surface area contributed by atoms with Gasteiger partial charge in [-0.25, -0.2) is 4.98 Å². The number of aryl methyl sites for hydroxylation is 1. The van der Waals surface area contributed by atoms with Crippen LogP contribution >= 0.6 is 0 Å². The Hall–Kier alpha value is -1.85. The van der Waals surface area contributed by atoms with Crippen LogP contribution in [0.3, 0.4) is 0 Å². The Morgan fingerprint density at radius 1 is 1.43 bits per heavy atom. The fraction of sp³-hybridized carbons (Fsp3) is 0.667. The normalized spacial score (nSPS) is 15.4. The molecule has 6 heteroatoms. The number of imidazole rings is 1. The number of hydrogen-bond acceptors (Lipinski definition) is 4. The average molecular weight is 293 g/mol. The molecule has 0 saturated heterocycles. The minimum atomic E-state index is -0.545. The highest BCUT2D eigenvalue weighted by atomic mass is 16.6. The summed E-state index contributed by atoms with van der Waals surface area (Å²) < 4.78 is 7.04. The van der Waals surface area contributed by atoms with Crippen molar-refractivity contribution in [3.8, 4) is 0 Å². The second-order valence-corrected chi connectivity index (χ2v) is 6.53. The molecular weight excluding hydrogens is 270 g/mol. The lowest BCUT2D eigenvalue weighted by molar-refractivity contribution is -0.156. The van der Waals surface area contributed by atoms with Gasteiger partial charge in [0, 0.05) is 19.3 Å². The zero-order valence-corrected chi connectivity index (χ0v) is 13.1. The number of carbonyl (C=O) groups excluding carboxylic acids is 2. The van der Waals surface area contributed by atoms with Crippen LogP contribution in [0.15, 0.2) is 12.5 Å². The van der Waals surface area contributed by atoms with E-state index >= 15 is 0 Å². The van der Waals surface area contributed by atoms with Crippen molar-refractivity contribution in [3.63, 3.8) is 0 Å². The first kappa shape index (κ1) is 15.5. The van der Waals surface area contributed by atoms with E-state index in [1.54, 1.807) is 22.0 Å². The third kappa shape index (κ3) is 4.06. The zero-order chi connectivity index (χ0) is 15.6. The predicted molar refractivity (Wildman–Crippen MR) is 77.7 cm³/mol. The van der Waals surface area contributed by atoms with Gasteiger partial charge in [0.1, 0.15) is 17.8 Å². The highest BCUT2D eigenvalue weighted by Gasteiger charge is 2.33. The summed E-state index contributed by atoms with van der Waals surface area (Å²) >= 11 is 0. The SMILES string of the molecule is Cn1cnc(C(=O)N(CC(=O)OC(C)(C)C)C2CCC2)c1. The molecule has 1 aromatic rings. The summed E-state index contributed by atoms with van der Waals surface area (Å²) in [5, 5.41) is 0. The Morgan fingerprint density at radius 3 is 2.52 bits per heavy atom. The number of aromatic nitrogens is 2. The van der Waals surface area contributed by atoms with Gasteiger partial charge in [0.25, 0.3) is 5.91 Å². The zero-order valence-electron chi connectivity index (χ0n) is 13.1. The van der Waals surface area contributed by atoms with Crippen molar-refractivity contribution in [2.24, 2.45) is 7.05 Å². The molecule has 0 atom stereocenters. The lowest BCUT2D eigenvalue weighted by Gasteiger charge is -2.37. The van der Waals surface area contributed by atoms with Gasteiger partial charge in [-0.15, -0.1) is 0 Å². The smallest absolute Gasteiger partial charge is 0.326 e. The highest BCUT2D eigenvalue weighted by molar-refractivity contribution is 5.94. The van der Waals surface area contributed by atoms with E-state index in [-0.39, 0.29) is 24.5 Å². The molecule has 1 aliphatic carbocycles. The van der Waals surface area contributed by atoms with Gasteiger partial charge in [0.05, 0.1) is 6.33 Å². The molecule has 1 fully saturated rings. The highest BCUT2D eigenvalue weighted by Crippen LogP contribution is 2.26. The molecule has 0 aliphatic heterocycles. The molecule has 0 bridgehead atoms. The molecule has 21 heavy (non-hydrogen) atoms. The predicted octanol–water partition coefficient (Wildman–Crippen LogP) is 1.76. The van der Waals surface area contributed by atoms with Crippen LogP contribution in [0.4, 0.5) is 0 Å². The molecule has 116 valence electrons. The van der Waals surface area contributed by atoms with Crippen LogP contribution in [-0.4, -0.2) is 44.5 Å². The van der Waals surface area contributed by atoms with Crippen LogP contribution in [0, 0.1) is 0 Å². The lowest BCUT2D eigenvalue weighted by Crippen LogP contribution is -2.48. The van der Waals surface area contributed by atoms with Crippen molar-refractivity contribution in [1.82, 2.24) is 14.5 Å². The van der Waals surface area contributed by atoms with Crippen molar-refractivity contribution in [2.45, 2.75) is 51.7 Å². The van der Waals surface area contributed by atoms with Gasteiger partial charge in [-0.3, -0.25) is 9.59 Å². The van der Waals surface area contributed by atoms with Crippen molar-refractivity contribution < 1.29 is 14.3 Å². The van der Waals surface area contributed by atoms with E-state index in [0.717, 1.165) is 19.3 Å². The number of amides is 1.